The maximum atomic E-state index is 12.7. The standard InChI is InChI=1S/C22H26N2O4/c1-14-5-7-16(8-6-14)12-24-13-17(10-21(24)25)22(26)23-18-11-20(28-4)19(27-3)9-15(18)2/h5-9,11,17H,10,12-13H2,1-4H3,(H,23,26)/t17-/m0/s1. The minimum Gasteiger partial charge on any atom is -0.493 e. The molecule has 3 rings (SSSR count). The van der Waals surface area contributed by atoms with Crippen molar-refractivity contribution in [1.82, 2.24) is 4.90 Å². The molecule has 1 aliphatic rings. The topological polar surface area (TPSA) is 67.9 Å². The molecule has 2 amide bonds. The fourth-order valence-electron chi connectivity index (χ4n) is 3.36. The first-order chi connectivity index (χ1) is 13.4. The summed E-state index contributed by atoms with van der Waals surface area (Å²) in [5.41, 5.74) is 3.77. The van der Waals surface area contributed by atoms with Crippen LogP contribution in [0.25, 0.3) is 0 Å². The van der Waals surface area contributed by atoms with Crippen molar-refractivity contribution >= 4 is 17.5 Å². The van der Waals surface area contributed by atoms with Crippen LogP contribution >= 0.6 is 0 Å². The first-order valence-electron chi connectivity index (χ1n) is 9.28. The van der Waals surface area contributed by atoms with E-state index in [0.717, 1.165) is 11.1 Å². The van der Waals surface area contributed by atoms with Crippen molar-refractivity contribution in [2.75, 3.05) is 26.1 Å². The Balaban J connectivity index is 1.67. The summed E-state index contributed by atoms with van der Waals surface area (Å²) >= 11 is 0. The van der Waals surface area contributed by atoms with Crippen molar-refractivity contribution in [1.29, 1.82) is 0 Å². The molecule has 2 aromatic rings. The van der Waals surface area contributed by atoms with Gasteiger partial charge in [0.1, 0.15) is 0 Å². The number of nitrogens with one attached hydrogen (secondary N) is 1. The molecule has 0 spiro atoms. The number of methoxy groups -OCH3 is 2. The Morgan fingerprint density at radius 1 is 1.11 bits per heavy atom. The number of carbonyl (C=O) groups is 2. The van der Waals surface area contributed by atoms with Crippen LogP contribution in [0.15, 0.2) is 36.4 Å². The Bertz CT molecular complexity index is 877. The summed E-state index contributed by atoms with van der Waals surface area (Å²) in [6.45, 7) is 4.87. The summed E-state index contributed by atoms with van der Waals surface area (Å²) in [5.74, 6) is 0.635. The molecule has 148 valence electrons. The molecule has 28 heavy (non-hydrogen) atoms. The normalized spacial score (nSPS) is 16.2. The fourth-order valence-corrected chi connectivity index (χ4v) is 3.36. The van der Waals surface area contributed by atoms with E-state index in [1.807, 2.05) is 44.2 Å². The van der Waals surface area contributed by atoms with Gasteiger partial charge in [0.2, 0.25) is 11.8 Å². The highest BCUT2D eigenvalue weighted by atomic mass is 16.5. The molecule has 1 saturated heterocycles. The maximum Gasteiger partial charge on any atom is 0.229 e. The van der Waals surface area contributed by atoms with Crippen LogP contribution in [0, 0.1) is 19.8 Å². The molecule has 0 aromatic heterocycles. The molecule has 0 saturated carbocycles. The van der Waals surface area contributed by atoms with E-state index in [-0.39, 0.29) is 24.2 Å². The zero-order valence-electron chi connectivity index (χ0n) is 16.7. The summed E-state index contributed by atoms with van der Waals surface area (Å²) in [4.78, 5) is 26.9. The van der Waals surface area contributed by atoms with E-state index in [2.05, 4.69) is 5.32 Å². The van der Waals surface area contributed by atoms with Crippen LogP contribution in [0.3, 0.4) is 0 Å². The highest BCUT2D eigenvalue weighted by Gasteiger charge is 2.34. The number of carbonyl (C=O) groups excluding carboxylic acids is 2. The number of amides is 2. The van der Waals surface area contributed by atoms with E-state index in [1.54, 1.807) is 25.2 Å². The van der Waals surface area contributed by atoms with Crippen molar-refractivity contribution in [3.63, 3.8) is 0 Å². The van der Waals surface area contributed by atoms with E-state index in [9.17, 15) is 9.59 Å². The summed E-state index contributed by atoms with van der Waals surface area (Å²) in [6, 6.07) is 11.6. The number of anilines is 1. The predicted octanol–water partition coefficient (Wildman–Crippen LogP) is 3.31. The Kier molecular flexibility index (Phi) is 5.87. The lowest BCUT2D eigenvalue weighted by molar-refractivity contribution is -0.128. The average Bonchev–Trinajstić information content (AvgIpc) is 3.05. The molecule has 2 aromatic carbocycles. The van der Waals surface area contributed by atoms with Crippen LogP contribution in [0.2, 0.25) is 0 Å². The molecule has 0 radical (unpaired) electrons. The second-order valence-corrected chi connectivity index (χ2v) is 7.17. The smallest absolute Gasteiger partial charge is 0.229 e. The van der Waals surface area contributed by atoms with E-state index < -0.39 is 0 Å². The molecule has 1 heterocycles. The number of hydrogen-bond donors (Lipinski definition) is 1. The van der Waals surface area contributed by atoms with Gasteiger partial charge in [0.05, 0.1) is 20.1 Å². The first kappa shape index (κ1) is 19.7. The molecule has 0 bridgehead atoms. The second-order valence-electron chi connectivity index (χ2n) is 7.17. The minimum atomic E-state index is -0.370. The largest absolute Gasteiger partial charge is 0.493 e. The third kappa shape index (κ3) is 4.27. The van der Waals surface area contributed by atoms with Crippen LogP contribution in [0.1, 0.15) is 23.1 Å². The van der Waals surface area contributed by atoms with E-state index in [0.29, 0.717) is 30.3 Å². The van der Waals surface area contributed by atoms with E-state index in [1.165, 1.54) is 5.56 Å². The van der Waals surface area contributed by atoms with Gasteiger partial charge in [-0.3, -0.25) is 9.59 Å². The van der Waals surface area contributed by atoms with Gasteiger partial charge in [-0.05, 0) is 31.0 Å². The van der Waals surface area contributed by atoms with Gasteiger partial charge in [-0.2, -0.15) is 0 Å². The van der Waals surface area contributed by atoms with E-state index in [4.69, 9.17) is 9.47 Å². The van der Waals surface area contributed by atoms with Gasteiger partial charge in [0.25, 0.3) is 0 Å². The number of benzene rings is 2. The SMILES string of the molecule is COc1cc(C)c(NC(=O)[C@H]2CC(=O)N(Cc3ccc(C)cc3)C2)cc1OC. The van der Waals surface area contributed by atoms with Crippen molar-refractivity contribution in [3.8, 4) is 11.5 Å². The van der Waals surface area contributed by atoms with Crippen LogP contribution in [-0.4, -0.2) is 37.5 Å². The van der Waals surface area contributed by atoms with Gasteiger partial charge in [0.15, 0.2) is 11.5 Å². The van der Waals surface area contributed by atoms with Crippen molar-refractivity contribution in [2.24, 2.45) is 5.92 Å². The zero-order chi connectivity index (χ0) is 20.3. The molecule has 1 atom stereocenters. The monoisotopic (exact) mass is 382 g/mol. The Hall–Kier alpha value is -3.02. The third-order valence-corrected chi connectivity index (χ3v) is 5.07. The van der Waals surface area contributed by atoms with Gasteiger partial charge < -0.3 is 19.7 Å². The average molecular weight is 382 g/mol. The van der Waals surface area contributed by atoms with Crippen molar-refractivity contribution in [2.45, 2.75) is 26.8 Å². The van der Waals surface area contributed by atoms with Crippen molar-refractivity contribution in [3.05, 3.63) is 53.1 Å². The molecule has 0 unspecified atom stereocenters. The van der Waals surface area contributed by atoms with Crippen LogP contribution in [0.5, 0.6) is 11.5 Å². The quantitative estimate of drug-likeness (QED) is 0.832. The Morgan fingerprint density at radius 3 is 2.39 bits per heavy atom. The summed E-state index contributed by atoms with van der Waals surface area (Å²) in [5, 5.41) is 2.94. The van der Waals surface area contributed by atoms with Gasteiger partial charge in [0, 0.05) is 31.3 Å². The van der Waals surface area contributed by atoms with Gasteiger partial charge >= 0.3 is 0 Å². The molecule has 6 nitrogen and oxygen atoms in total. The summed E-state index contributed by atoms with van der Waals surface area (Å²) in [7, 11) is 3.12. The Labute approximate surface area is 165 Å². The van der Waals surface area contributed by atoms with Crippen LogP contribution in [-0.2, 0) is 16.1 Å². The number of hydrogen-bond acceptors (Lipinski definition) is 4. The maximum absolute atomic E-state index is 12.7. The number of rotatable bonds is 6. The molecule has 6 heteroatoms. The van der Waals surface area contributed by atoms with Gasteiger partial charge in [-0.15, -0.1) is 0 Å². The van der Waals surface area contributed by atoms with Crippen molar-refractivity contribution < 1.29 is 19.1 Å². The lowest BCUT2D eigenvalue weighted by Crippen LogP contribution is -2.28. The lowest BCUT2D eigenvalue weighted by Gasteiger charge is -2.18. The molecule has 0 aliphatic carbocycles. The number of nitrogens with zero attached hydrogens (tertiary/aromatic N) is 1. The predicted molar refractivity (Wildman–Crippen MR) is 108 cm³/mol. The number of likely N-dealkylation sites (tertiary alicyclic amines) is 1. The molecule has 1 fully saturated rings. The second kappa shape index (κ2) is 8.33. The summed E-state index contributed by atoms with van der Waals surface area (Å²) < 4.78 is 10.6. The minimum absolute atomic E-state index is 0.00441. The number of aryl methyl sites for hydroxylation is 2. The molecule has 1 N–H and O–H groups in total. The number of ether oxygens (including phenoxy) is 2. The van der Waals surface area contributed by atoms with Crippen LogP contribution in [0.4, 0.5) is 5.69 Å². The highest BCUT2D eigenvalue weighted by molar-refractivity contribution is 5.98. The Morgan fingerprint density at radius 2 is 1.75 bits per heavy atom. The van der Waals surface area contributed by atoms with Gasteiger partial charge in [-0.1, -0.05) is 29.8 Å². The van der Waals surface area contributed by atoms with Gasteiger partial charge in [-0.25, -0.2) is 0 Å². The third-order valence-electron chi connectivity index (χ3n) is 5.07. The van der Waals surface area contributed by atoms with E-state index >= 15 is 0 Å². The highest BCUT2D eigenvalue weighted by Crippen LogP contribution is 2.33. The fraction of sp³-hybridized carbons (Fsp3) is 0.364. The molecule has 1 aliphatic heterocycles. The molecular weight excluding hydrogens is 356 g/mol. The first-order valence-corrected chi connectivity index (χ1v) is 9.28. The lowest BCUT2D eigenvalue weighted by atomic mass is 10.1. The molecular formula is C22H26N2O4. The summed E-state index contributed by atoms with van der Waals surface area (Å²) in [6.07, 6.45) is 0.226. The van der Waals surface area contributed by atoms with Crippen LogP contribution < -0.4 is 14.8 Å². The zero-order valence-corrected chi connectivity index (χ0v) is 16.7.